The molecule has 0 unspecified atom stereocenters. The van der Waals surface area contributed by atoms with Gasteiger partial charge in [-0.3, -0.25) is 5.10 Å². The monoisotopic (exact) mass is 283 g/mol. The summed E-state index contributed by atoms with van der Waals surface area (Å²) in [6.07, 6.45) is 0. The fraction of sp³-hybridized carbons (Fsp3) is 0.250. The molecule has 2 aromatic rings. The summed E-state index contributed by atoms with van der Waals surface area (Å²) in [5.41, 5.74) is 1.59. The first-order chi connectivity index (χ1) is 8.90. The molecule has 102 valence electrons. The second-order valence-corrected chi connectivity index (χ2v) is 5.92. The summed E-state index contributed by atoms with van der Waals surface area (Å²) in [5, 5.41) is 6.49. The average molecular weight is 283 g/mol. The molecule has 0 atom stereocenters. The Balaban J connectivity index is 2.17. The maximum Gasteiger partial charge on any atom is 0.244 e. The number of sulfonamides is 1. The van der Waals surface area contributed by atoms with Crippen molar-refractivity contribution in [3.8, 4) is 0 Å². The summed E-state index contributed by atoms with van der Waals surface area (Å²) >= 11 is 0. The molecule has 0 saturated carbocycles. The molecule has 2 N–H and O–H groups in total. The van der Waals surface area contributed by atoms with E-state index in [1.165, 1.54) is 24.3 Å². The van der Waals surface area contributed by atoms with E-state index in [0.717, 1.165) is 0 Å². The zero-order valence-corrected chi connectivity index (χ0v) is 11.4. The molecular weight excluding hydrogens is 269 g/mol. The predicted octanol–water partition coefficient (Wildman–Crippen LogP) is 1.64. The van der Waals surface area contributed by atoms with Crippen molar-refractivity contribution in [3.63, 3.8) is 0 Å². The van der Waals surface area contributed by atoms with Crippen molar-refractivity contribution >= 4 is 10.0 Å². The number of aromatic nitrogens is 2. The Bertz CT molecular complexity index is 658. The Kier molecular flexibility index (Phi) is 3.68. The van der Waals surface area contributed by atoms with E-state index in [9.17, 15) is 12.8 Å². The first-order valence-corrected chi connectivity index (χ1v) is 7.14. The van der Waals surface area contributed by atoms with Crippen LogP contribution < -0.4 is 4.72 Å². The quantitative estimate of drug-likeness (QED) is 0.895. The first-order valence-electron chi connectivity index (χ1n) is 5.66. The van der Waals surface area contributed by atoms with Gasteiger partial charge < -0.3 is 0 Å². The fourth-order valence-electron chi connectivity index (χ4n) is 1.79. The minimum atomic E-state index is -3.62. The van der Waals surface area contributed by atoms with Crippen molar-refractivity contribution in [2.45, 2.75) is 25.3 Å². The number of benzene rings is 1. The molecule has 0 amide bonds. The van der Waals surface area contributed by atoms with E-state index < -0.39 is 10.0 Å². The smallest absolute Gasteiger partial charge is 0.244 e. The van der Waals surface area contributed by atoms with Crippen LogP contribution in [0.4, 0.5) is 4.39 Å². The minimum absolute atomic E-state index is 0.104. The molecular formula is C12H14FN3O2S. The molecule has 2 rings (SSSR count). The van der Waals surface area contributed by atoms with Crippen LogP contribution in [0, 0.1) is 19.7 Å². The van der Waals surface area contributed by atoms with Crippen LogP contribution in [-0.2, 0) is 16.6 Å². The third-order valence-corrected chi connectivity index (χ3v) is 4.37. The van der Waals surface area contributed by atoms with Crippen LogP contribution in [0.3, 0.4) is 0 Å². The largest absolute Gasteiger partial charge is 0.281 e. The number of nitrogens with zero attached hydrogens (tertiary/aromatic N) is 1. The summed E-state index contributed by atoms with van der Waals surface area (Å²) < 4.78 is 39.5. The molecule has 0 radical (unpaired) electrons. The summed E-state index contributed by atoms with van der Waals surface area (Å²) in [6.45, 7) is 3.37. The van der Waals surface area contributed by atoms with Gasteiger partial charge in [-0.15, -0.1) is 0 Å². The van der Waals surface area contributed by atoms with Gasteiger partial charge in [0.2, 0.25) is 10.0 Å². The third kappa shape index (κ3) is 2.99. The normalized spacial score (nSPS) is 11.7. The number of H-pyrrole nitrogens is 1. The van der Waals surface area contributed by atoms with Gasteiger partial charge >= 0.3 is 0 Å². The van der Waals surface area contributed by atoms with Crippen molar-refractivity contribution in [1.29, 1.82) is 0 Å². The van der Waals surface area contributed by atoms with Gasteiger partial charge in [0.15, 0.2) is 0 Å². The molecule has 0 aliphatic heterocycles. The second-order valence-electron chi connectivity index (χ2n) is 4.21. The maximum absolute atomic E-state index is 12.7. The Hall–Kier alpha value is -1.73. The molecule has 0 aliphatic rings. The number of hydrogen-bond donors (Lipinski definition) is 2. The summed E-state index contributed by atoms with van der Waals surface area (Å²) in [4.78, 5) is 0.162. The first kappa shape index (κ1) is 13.7. The van der Waals surface area contributed by atoms with Crippen LogP contribution in [0.25, 0.3) is 0 Å². The molecule has 0 fully saturated rings. The van der Waals surface area contributed by atoms with Crippen LogP contribution >= 0.6 is 0 Å². The Labute approximate surface area is 110 Å². The molecule has 19 heavy (non-hydrogen) atoms. The zero-order valence-electron chi connectivity index (χ0n) is 10.6. The molecule has 1 aromatic heterocycles. The summed E-state index contributed by atoms with van der Waals surface area (Å²) in [6, 6.07) is 5.65. The highest BCUT2D eigenvalue weighted by Gasteiger charge is 2.21. The highest BCUT2D eigenvalue weighted by molar-refractivity contribution is 7.89. The lowest BCUT2D eigenvalue weighted by molar-refractivity contribution is 0.580. The van der Waals surface area contributed by atoms with E-state index >= 15 is 0 Å². The van der Waals surface area contributed by atoms with E-state index in [2.05, 4.69) is 14.9 Å². The number of aromatic amines is 1. The topological polar surface area (TPSA) is 74.8 Å². The van der Waals surface area contributed by atoms with Crippen LogP contribution in [-0.4, -0.2) is 18.6 Å². The lowest BCUT2D eigenvalue weighted by atomic mass is 10.2. The molecule has 0 bridgehead atoms. The van der Waals surface area contributed by atoms with Crippen LogP contribution in [0.5, 0.6) is 0 Å². The molecule has 0 aliphatic carbocycles. The lowest BCUT2D eigenvalue weighted by Crippen LogP contribution is -2.24. The average Bonchev–Trinajstić information content (AvgIpc) is 2.69. The summed E-state index contributed by atoms with van der Waals surface area (Å²) in [5.74, 6) is -0.354. The Morgan fingerprint density at radius 3 is 2.42 bits per heavy atom. The fourth-order valence-corrected chi connectivity index (χ4v) is 3.17. The van der Waals surface area contributed by atoms with E-state index in [1.54, 1.807) is 13.8 Å². The van der Waals surface area contributed by atoms with Gasteiger partial charge in [-0.1, -0.05) is 12.1 Å². The van der Waals surface area contributed by atoms with Gasteiger partial charge in [0.25, 0.3) is 0 Å². The van der Waals surface area contributed by atoms with Crippen molar-refractivity contribution in [3.05, 3.63) is 47.0 Å². The van der Waals surface area contributed by atoms with Crippen molar-refractivity contribution in [2.75, 3.05) is 0 Å². The maximum atomic E-state index is 12.7. The number of aryl methyl sites for hydroxylation is 2. The van der Waals surface area contributed by atoms with Gasteiger partial charge in [-0.05, 0) is 31.5 Å². The van der Waals surface area contributed by atoms with E-state index in [0.29, 0.717) is 17.0 Å². The van der Waals surface area contributed by atoms with E-state index in [-0.39, 0.29) is 17.3 Å². The lowest BCUT2D eigenvalue weighted by Gasteiger charge is -2.07. The highest BCUT2D eigenvalue weighted by Crippen LogP contribution is 2.16. The van der Waals surface area contributed by atoms with Gasteiger partial charge in [0, 0.05) is 6.54 Å². The van der Waals surface area contributed by atoms with E-state index in [1.807, 2.05) is 0 Å². The molecule has 1 aromatic carbocycles. The van der Waals surface area contributed by atoms with Crippen LogP contribution in [0.2, 0.25) is 0 Å². The van der Waals surface area contributed by atoms with Crippen molar-refractivity contribution in [1.82, 2.24) is 14.9 Å². The molecule has 5 nitrogen and oxygen atoms in total. The van der Waals surface area contributed by atoms with Gasteiger partial charge in [-0.2, -0.15) is 5.10 Å². The molecule has 7 heteroatoms. The second kappa shape index (κ2) is 5.10. The van der Waals surface area contributed by atoms with Gasteiger partial charge in [0.05, 0.1) is 11.4 Å². The SMILES string of the molecule is Cc1n[nH]c(C)c1S(=O)(=O)NCc1ccc(F)cc1. The summed E-state index contributed by atoms with van der Waals surface area (Å²) in [7, 11) is -3.62. The van der Waals surface area contributed by atoms with Gasteiger partial charge in [-0.25, -0.2) is 17.5 Å². The highest BCUT2D eigenvalue weighted by atomic mass is 32.2. The van der Waals surface area contributed by atoms with E-state index in [4.69, 9.17) is 0 Å². The van der Waals surface area contributed by atoms with Gasteiger partial charge in [0.1, 0.15) is 10.7 Å². The number of halogens is 1. The number of hydrogen-bond acceptors (Lipinski definition) is 3. The van der Waals surface area contributed by atoms with Crippen LogP contribution in [0.1, 0.15) is 17.0 Å². The zero-order chi connectivity index (χ0) is 14.0. The van der Waals surface area contributed by atoms with Crippen molar-refractivity contribution in [2.24, 2.45) is 0 Å². The number of rotatable bonds is 4. The molecule has 0 spiro atoms. The Morgan fingerprint density at radius 2 is 1.89 bits per heavy atom. The predicted molar refractivity (Wildman–Crippen MR) is 68.5 cm³/mol. The minimum Gasteiger partial charge on any atom is -0.281 e. The van der Waals surface area contributed by atoms with Crippen LogP contribution in [0.15, 0.2) is 29.2 Å². The standard InChI is InChI=1S/C12H14FN3O2S/c1-8-12(9(2)16-15-8)19(17,18)14-7-10-3-5-11(13)6-4-10/h3-6,14H,7H2,1-2H3,(H,15,16). The Morgan fingerprint density at radius 1 is 1.26 bits per heavy atom. The van der Waals surface area contributed by atoms with Crippen molar-refractivity contribution < 1.29 is 12.8 Å². The third-order valence-electron chi connectivity index (χ3n) is 2.71. The number of nitrogens with one attached hydrogen (secondary N) is 2. The molecule has 1 heterocycles. The molecule has 0 saturated heterocycles.